The fourth-order valence-electron chi connectivity index (χ4n) is 3.76. The first-order valence-electron chi connectivity index (χ1n) is 11.8. The Morgan fingerprint density at radius 1 is 0.972 bits per heavy atom. The summed E-state index contributed by atoms with van der Waals surface area (Å²) in [6, 6.07) is 28.4. The standard InChI is InChI=1S/C29H27ClN4O2/c1-2-19-33(29(36)18-17-22-11-5-3-6-12-22)21-28(35)31-27-20-25(23-13-7-4-8-14-23)32-34(27)26-16-10-9-15-24(26)30/h3-18,20H,2,19,21H2,1H3,(H,31,35). The summed E-state index contributed by atoms with van der Waals surface area (Å²) in [6.45, 7) is 2.35. The maximum absolute atomic E-state index is 13.1. The number of aromatic nitrogens is 2. The van der Waals surface area contributed by atoms with Crippen LogP contribution in [0, 0.1) is 0 Å². The molecule has 4 aromatic rings. The van der Waals surface area contributed by atoms with Crippen LogP contribution in [0.15, 0.2) is 97.1 Å². The molecular formula is C29H27ClN4O2. The Kier molecular flexibility index (Phi) is 8.32. The van der Waals surface area contributed by atoms with E-state index in [-0.39, 0.29) is 18.4 Å². The molecule has 0 saturated heterocycles. The van der Waals surface area contributed by atoms with Crippen molar-refractivity contribution in [3.8, 4) is 16.9 Å². The number of amides is 2. The zero-order valence-corrected chi connectivity index (χ0v) is 20.7. The molecule has 0 aliphatic rings. The summed E-state index contributed by atoms with van der Waals surface area (Å²) in [5.41, 5.74) is 3.17. The number of para-hydroxylation sites is 1. The largest absolute Gasteiger partial charge is 0.330 e. The average molecular weight is 499 g/mol. The molecule has 36 heavy (non-hydrogen) atoms. The molecule has 0 unspecified atom stereocenters. The monoisotopic (exact) mass is 498 g/mol. The van der Waals surface area contributed by atoms with E-state index in [0.717, 1.165) is 17.5 Å². The SMILES string of the molecule is CCCN(CC(=O)Nc1cc(-c2ccccc2)nn1-c1ccccc1Cl)C(=O)C=Cc1ccccc1. The highest BCUT2D eigenvalue weighted by molar-refractivity contribution is 6.32. The fraction of sp³-hybridized carbons (Fsp3) is 0.138. The van der Waals surface area contributed by atoms with Crippen LogP contribution in [0.3, 0.4) is 0 Å². The molecule has 0 fully saturated rings. The third-order valence-corrected chi connectivity index (χ3v) is 5.80. The van der Waals surface area contributed by atoms with Crippen molar-refractivity contribution in [3.05, 3.63) is 108 Å². The maximum atomic E-state index is 13.1. The fourth-order valence-corrected chi connectivity index (χ4v) is 3.97. The van der Waals surface area contributed by atoms with Gasteiger partial charge in [0.2, 0.25) is 11.8 Å². The molecule has 1 heterocycles. The second kappa shape index (κ2) is 12.0. The van der Waals surface area contributed by atoms with Gasteiger partial charge in [-0.25, -0.2) is 4.68 Å². The molecule has 7 heteroatoms. The molecule has 0 aliphatic heterocycles. The van der Waals surface area contributed by atoms with Crippen LogP contribution in [0.1, 0.15) is 18.9 Å². The van der Waals surface area contributed by atoms with Crippen molar-refractivity contribution < 1.29 is 9.59 Å². The Bertz CT molecular complexity index is 1350. The van der Waals surface area contributed by atoms with Gasteiger partial charge in [-0.2, -0.15) is 5.10 Å². The third-order valence-electron chi connectivity index (χ3n) is 5.48. The topological polar surface area (TPSA) is 67.2 Å². The normalized spacial score (nSPS) is 10.9. The summed E-state index contributed by atoms with van der Waals surface area (Å²) in [6.07, 6.45) is 3.98. The number of carbonyl (C=O) groups excluding carboxylic acids is 2. The summed E-state index contributed by atoms with van der Waals surface area (Å²) in [7, 11) is 0. The van der Waals surface area contributed by atoms with Gasteiger partial charge < -0.3 is 10.2 Å². The highest BCUT2D eigenvalue weighted by Gasteiger charge is 2.19. The third kappa shape index (κ3) is 6.29. The van der Waals surface area contributed by atoms with Crippen molar-refractivity contribution in [2.75, 3.05) is 18.4 Å². The van der Waals surface area contributed by atoms with Crippen molar-refractivity contribution in [1.82, 2.24) is 14.7 Å². The molecule has 0 radical (unpaired) electrons. The van der Waals surface area contributed by atoms with E-state index in [1.165, 1.54) is 11.0 Å². The lowest BCUT2D eigenvalue weighted by Gasteiger charge is -2.20. The van der Waals surface area contributed by atoms with Gasteiger partial charge in [-0.1, -0.05) is 91.3 Å². The van der Waals surface area contributed by atoms with Gasteiger partial charge in [0.1, 0.15) is 12.4 Å². The first kappa shape index (κ1) is 24.9. The first-order chi connectivity index (χ1) is 17.5. The number of benzene rings is 3. The van der Waals surface area contributed by atoms with Crippen LogP contribution in [-0.2, 0) is 9.59 Å². The van der Waals surface area contributed by atoms with E-state index in [0.29, 0.717) is 28.8 Å². The summed E-state index contributed by atoms with van der Waals surface area (Å²) >= 11 is 6.44. The van der Waals surface area contributed by atoms with E-state index >= 15 is 0 Å². The van der Waals surface area contributed by atoms with E-state index in [2.05, 4.69) is 5.32 Å². The van der Waals surface area contributed by atoms with Crippen LogP contribution < -0.4 is 5.32 Å². The van der Waals surface area contributed by atoms with Crippen LogP contribution in [-0.4, -0.2) is 39.6 Å². The highest BCUT2D eigenvalue weighted by atomic mass is 35.5. The Hall–Kier alpha value is -4.16. The van der Waals surface area contributed by atoms with Gasteiger partial charge in [0.05, 0.1) is 16.4 Å². The summed E-state index contributed by atoms with van der Waals surface area (Å²) in [5, 5.41) is 8.14. The van der Waals surface area contributed by atoms with Crippen molar-refractivity contribution in [2.45, 2.75) is 13.3 Å². The van der Waals surface area contributed by atoms with Gasteiger partial charge in [0.15, 0.2) is 0 Å². The lowest BCUT2D eigenvalue weighted by atomic mass is 10.1. The van der Waals surface area contributed by atoms with Crippen LogP contribution in [0.25, 0.3) is 23.0 Å². The average Bonchev–Trinajstić information content (AvgIpc) is 3.31. The molecule has 0 saturated carbocycles. The van der Waals surface area contributed by atoms with Gasteiger partial charge in [-0.15, -0.1) is 0 Å². The van der Waals surface area contributed by atoms with Crippen molar-refractivity contribution >= 4 is 35.3 Å². The quantitative estimate of drug-likeness (QED) is 0.284. The molecule has 4 rings (SSSR count). The summed E-state index contributed by atoms with van der Waals surface area (Å²) in [4.78, 5) is 27.5. The molecule has 1 aromatic heterocycles. The van der Waals surface area contributed by atoms with Crippen molar-refractivity contribution in [1.29, 1.82) is 0 Å². The molecule has 0 aliphatic carbocycles. The molecule has 0 atom stereocenters. The Balaban J connectivity index is 1.56. The molecule has 2 amide bonds. The zero-order chi connectivity index (χ0) is 25.3. The second-order valence-electron chi connectivity index (χ2n) is 8.20. The molecule has 0 spiro atoms. The van der Waals surface area contributed by atoms with Crippen molar-refractivity contribution in [2.24, 2.45) is 0 Å². The minimum Gasteiger partial charge on any atom is -0.330 e. The van der Waals surface area contributed by atoms with Crippen LogP contribution in [0.5, 0.6) is 0 Å². The maximum Gasteiger partial charge on any atom is 0.247 e. The lowest BCUT2D eigenvalue weighted by molar-refractivity contribution is -0.130. The first-order valence-corrected chi connectivity index (χ1v) is 12.1. The van der Waals surface area contributed by atoms with Gasteiger partial charge in [-0.3, -0.25) is 9.59 Å². The zero-order valence-electron chi connectivity index (χ0n) is 20.0. The van der Waals surface area contributed by atoms with E-state index in [4.69, 9.17) is 16.7 Å². The van der Waals surface area contributed by atoms with E-state index in [1.807, 2.05) is 85.8 Å². The molecular weight excluding hydrogens is 472 g/mol. The number of nitrogens with zero attached hydrogens (tertiary/aromatic N) is 3. The van der Waals surface area contributed by atoms with E-state index in [9.17, 15) is 9.59 Å². The number of hydrogen-bond acceptors (Lipinski definition) is 3. The molecule has 182 valence electrons. The second-order valence-corrected chi connectivity index (χ2v) is 8.60. The Labute approximate surface area is 215 Å². The van der Waals surface area contributed by atoms with E-state index in [1.54, 1.807) is 22.9 Å². The number of halogens is 1. The Morgan fingerprint density at radius 3 is 2.33 bits per heavy atom. The highest BCUT2D eigenvalue weighted by Crippen LogP contribution is 2.28. The van der Waals surface area contributed by atoms with Crippen LogP contribution >= 0.6 is 11.6 Å². The predicted octanol–water partition coefficient (Wildman–Crippen LogP) is 6.08. The number of rotatable bonds is 9. The van der Waals surface area contributed by atoms with Gasteiger partial charge in [0, 0.05) is 24.3 Å². The number of hydrogen-bond donors (Lipinski definition) is 1. The van der Waals surface area contributed by atoms with Gasteiger partial charge in [-0.05, 0) is 30.2 Å². The number of nitrogens with one attached hydrogen (secondary N) is 1. The molecule has 0 bridgehead atoms. The summed E-state index contributed by atoms with van der Waals surface area (Å²) in [5.74, 6) is -0.0751. The molecule has 3 aromatic carbocycles. The van der Waals surface area contributed by atoms with Crippen LogP contribution in [0.4, 0.5) is 5.82 Å². The minimum absolute atomic E-state index is 0.0832. The smallest absolute Gasteiger partial charge is 0.247 e. The van der Waals surface area contributed by atoms with Crippen molar-refractivity contribution in [3.63, 3.8) is 0 Å². The van der Waals surface area contributed by atoms with Crippen LogP contribution in [0.2, 0.25) is 5.02 Å². The number of anilines is 1. The summed E-state index contributed by atoms with van der Waals surface area (Å²) < 4.78 is 1.61. The van der Waals surface area contributed by atoms with Gasteiger partial charge >= 0.3 is 0 Å². The predicted molar refractivity (Wildman–Crippen MR) is 145 cm³/mol. The minimum atomic E-state index is -0.322. The lowest BCUT2D eigenvalue weighted by Crippen LogP contribution is -2.37. The molecule has 6 nitrogen and oxygen atoms in total. The Morgan fingerprint density at radius 2 is 1.64 bits per heavy atom. The number of carbonyl (C=O) groups is 2. The molecule has 1 N–H and O–H groups in total. The van der Waals surface area contributed by atoms with E-state index < -0.39 is 0 Å². The van der Waals surface area contributed by atoms with Gasteiger partial charge in [0.25, 0.3) is 0 Å².